The van der Waals surface area contributed by atoms with E-state index in [0.29, 0.717) is 17.0 Å². The van der Waals surface area contributed by atoms with Crippen LogP contribution in [0.4, 0.5) is 10.7 Å². The summed E-state index contributed by atoms with van der Waals surface area (Å²) in [4.78, 5) is 44.9. The van der Waals surface area contributed by atoms with Crippen LogP contribution in [-0.2, 0) is 9.53 Å². The summed E-state index contributed by atoms with van der Waals surface area (Å²) in [6.07, 6.45) is -1.12. The summed E-state index contributed by atoms with van der Waals surface area (Å²) in [5, 5.41) is 12.9. The molecule has 2 rings (SSSR count). The zero-order valence-corrected chi connectivity index (χ0v) is 13.7. The molecule has 3 N–H and O–H groups in total. The Bertz CT molecular complexity index is 830. The molecule has 0 saturated carbocycles. The molecule has 1 aromatic heterocycles. The van der Waals surface area contributed by atoms with E-state index in [1.165, 1.54) is 43.3 Å². The van der Waals surface area contributed by atoms with Crippen molar-refractivity contribution in [1.29, 1.82) is 0 Å². The molecule has 0 saturated heterocycles. The van der Waals surface area contributed by atoms with Gasteiger partial charge in [0, 0.05) is 17.3 Å². The number of hydrogen-bond acceptors (Lipinski definition) is 7. The van der Waals surface area contributed by atoms with Crippen LogP contribution in [0, 0.1) is 10.1 Å². The third-order valence-corrected chi connectivity index (χ3v) is 4.08. The van der Waals surface area contributed by atoms with Gasteiger partial charge in [-0.3, -0.25) is 19.7 Å². The minimum Gasteiger partial charge on any atom is -0.448 e. The SMILES string of the molecule is C[C@@H](OC(=O)c1ccc([N+](=O)[O-])s1)C(=O)Nc1ccc(C(N)=O)cc1. The van der Waals surface area contributed by atoms with E-state index in [0.717, 1.165) is 0 Å². The lowest BCUT2D eigenvalue weighted by Crippen LogP contribution is -2.29. The highest BCUT2D eigenvalue weighted by atomic mass is 32.1. The number of nitrogens with two attached hydrogens (primary N) is 1. The van der Waals surface area contributed by atoms with Gasteiger partial charge in [-0.15, -0.1) is 0 Å². The van der Waals surface area contributed by atoms with Gasteiger partial charge in [-0.2, -0.15) is 0 Å². The number of benzene rings is 1. The highest BCUT2D eigenvalue weighted by Gasteiger charge is 2.22. The number of primary amides is 1. The monoisotopic (exact) mass is 363 g/mol. The number of nitro groups is 1. The topological polar surface area (TPSA) is 142 Å². The Labute approximate surface area is 145 Å². The number of carbonyl (C=O) groups is 3. The average molecular weight is 363 g/mol. The van der Waals surface area contributed by atoms with Crippen LogP contribution in [0.5, 0.6) is 0 Å². The molecule has 0 unspecified atom stereocenters. The van der Waals surface area contributed by atoms with Gasteiger partial charge in [-0.25, -0.2) is 4.79 Å². The first-order valence-electron chi connectivity index (χ1n) is 6.94. The first-order chi connectivity index (χ1) is 11.8. The van der Waals surface area contributed by atoms with Crippen molar-refractivity contribution >= 4 is 39.8 Å². The molecule has 1 aromatic carbocycles. The minimum absolute atomic E-state index is 0.0251. The Morgan fingerprint density at radius 1 is 1.20 bits per heavy atom. The van der Waals surface area contributed by atoms with E-state index in [2.05, 4.69) is 5.32 Å². The molecule has 1 atom stereocenters. The second-order valence-corrected chi connectivity index (χ2v) is 5.94. The molecule has 2 amide bonds. The molecule has 0 aliphatic rings. The molecule has 0 aliphatic carbocycles. The van der Waals surface area contributed by atoms with Crippen LogP contribution >= 0.6 is 11.3 Å². The van der Waals surface area contributed by atoms with Gasteiger partial charge < -0.3 is 15.8 Å². The summed E-state index contributed by atoms with van der Waals surface area (Å²) in [5.74, 6) is -2.01. The number of thiophene rings is 1. The summed E-state index contributed by atoms with van der Waals surface area (Å²) in [7, 11) is 0. The van der Waals surface area contributed by atoms with Crippen molar-refractivity contribution in [3.63, 3.8) is 0 Å². The number of amides is 2. The third-order valence-electron chi connectivity index (χ3n) is 3.06. The number of hydrogen-bond donors (Lipinski definition) is 2. The predicted octanol–water partition coefficient (Wildman–Crippen LogP) is 1.94. The van der Waals surface area contributed by atoms with E-state index in [4.69, 9.17) is 10.5 Å². The van der Waals surface area contributed by atoms with Crippen molar-refractivity contribution in [3.8, 4) is 0 Å². The van der Waals surface area contributed by atoms with Crippen LogP contribution in [-0.4, -0.2) is 28.8 Å². The fourth-order valence-electron chi connectivity index (χ4n) is 1.77. The Morgan fingerprint density at radius 2 is 1.84 bits per heavy atom. The van der Waals surface area contributed by atoms with E-state index in [1.54, 1.807) is 0 Å². The van der Waals surface area contributed by atoms with Crippen molar-refractivity contribution in [2.45, 2.75) is 13.0 Å². The Balaban J connectivity index is 1.95. The highest BCUT2D eigenvalue weighted by molar-refractivity contribution is 7.17. The van der Waals surface area contributed by atoms with Crippen molar-refractivity contribution in [3.05, 3.63) is 57.0 Å². The van der Waals surface area contributed by atoms with Crippen LogP contribution in [0.25, 0.3) is 0 Å². The summed E-state index contributed by atoms with van der Waals surface area (Å²) >= 11 is 0.662. The van der Waals surface area contributed by atoms with Gasteiger partial charge in [0.05, 0.1) is 4.92 Å². The predicted molar refractivity (Wildman–Crippen MR) is 89.4 cm³/mol. The molecule has 0 aliphatic heterocycles. The Morgan fingerprint density at radius 3 is 2.36 bits per heavy atom. The van der Waals surface area contributed by atoms with Crippen LogP contribution in [0.15, 0.2) is 36.4 Å². The molecule has 0 bridgehead atoms. The quantitative estimate of drug-likeness (QED) is 0.456. The number of nitrogens with one attached hydrogen (secondary N) is 1. The largest absolute Gasteiger partial charge is 0.448 e. The Kier molecular flexibility index (Phi) is 5.45. The van der Waals surface area contributed by atoms with Crippen molar-refractivity contribution < 1.29 is 24.0 Å². The van der Waals surface area contributed by atoms with Gasteiger partial charge in [-0.05, 0) is 37.3 Å². The first kappa shape index (κ1) is 18.1. The maximum Gasteiger partial charge on any atom is 0.349 e. The zero-order chi connectivity index (χ0) is 18.6. The normalized spacial score (nSPS) is 11.4. The van der Waals surface area contributed by atoms with Crippen molar-refractivity contribution in [1.82, 2.24) is 0 Å². The molecule has 9 nitrogen and oxygen atoms in total. The molecule has 25 heavy (non-hydrogen) atoms. The number of anilines is 1. The lowest BCUT2D eigenvalue weighted by atomic mass is 10.2. The summed E-state index contributed by atoms with van der Waals surface area (Å²) in [5.41, 5.74) is 5.80. The zero-order valence-electron chi connectivity index (χ0n) is 12.9. The van der Waals surface area contributed by atoms with Gasteiger partial charge in [0.2, 0.25) is 5.91 Å². The third kappa shape index (κ3) is 4.61. The van der Waals surface area contributed by atoms with Gasteiger partial charge in [-0.1, -0.05) is 11.3 Å². The van der Waals surface area contributed by atoms with E-state index in [-0.39, 0.29) is 15.4 Å². The molecule has 10 heteroatoms. The maximum atomic E-state index is 12.0. The summed E-state index contributed by atoms with van der Waals surface area (Å²) in [6, 6.07) is 8.30. The second-order valence-electron chi connectivity index (χ2n) is 4.87. The number of carbonyl (C=O) groups excluding carboxylic acids is 3. The van der Waals surface area contributed by atoms with Gasteiger partial charge in [0.1, 0.15) is 4.88 Å². The van der Waals surface area contributed by atoms with Crippen LogP contribution in [0.1, 0.15) is 27.0 Å². The van der Waals surface area contributed by atoms with Crippen LogP contribution in [0.2, 0.25) is 0 Å². The number of esters is 1. The lowest BCUT2D eigenvalue weighted by Gasteiger charge is -2.13. The van der Waals surface area contributed by atoms with Crippen molar-refractivity contribution in [2.24, 2.45) is 5.73 Å². The molecule has 0 spiro atoms. The van der Waals surface area contributed by atoms with E-state index >= 15 is 0 Å². The molecule has 2 aromatic rings. The van der Waals surface area contributed by atoms with E-state index in [9.17, 15) is 24.5 Å². The number of nitrogens with zero attached hydrogens (tertiary/aromatic N) is 1. The average Bonchev–Trinajstić information content (AvgIpc) is 3.05. The lowest BCUT2D eigenvalue weighted by molar-refractivity contribution is -0.380. The fourth-order valence-corrected chi connectivity index (χ4v) is 2.47. The minimum atomic E-state index is -1.12. The van der Waals surface area contributed by atoms with Crippen LogP contribution < -0.4 is 11.1 Å². The second kappa shape index (κ2) is 7.53. The number of rotatable bonds is 6. The molecule has 0 fully saturated rings. The fraction of sp³-hybridized carbons (Fsp3) is 0.133. The molecule has 1 heterocycles. The van der Waals surface area contributed by atoms with Gasteiger partial charge >= 0.3 is 11.0 Å². The molecular weight excluding hydrogens is 350 g/mol. The smallest absolute Gasteiger partial charge is 0.349 e. The number of ether oxygens (including phenoxy) is 1. The first-order valence-corrected chi connectivity index (χ1v) is 7.75. The molecule has 0 radical (unpaired) electrons. The summed E-state index contributed by atoms with van der Waals surface area (Å²) in [6.45, 7) is 1.37. The van der Waals surface area contributed by atoms with Gasteiger partial charge in [0.25, 0.3) is 5.91 Å². The standard InChI is InChI=1S/C15H13N3O6S/c1-8(24-15(21)11-6-7-12(25-11)18(22)23)14(20)17-10-4-2-9(3-5-10)13(16)19/h2-8H,1H3,(H2,16,19)(H,17,20)/t8-/m1/s1. The van der Waals surface area contributed by atoms with Crippen molar-refractivity contribution in [2.75, 3.05) is 5.32 Å². The van der Waals surface area contributed by atoms with E-state index < -0.39 is 28.8 Å². The highest BCUT2D eigenvalue weighted by Crippen LogP contribution is 2.24. The Hall–Kier alpha value is -3.27. The summed E-state index contributed by atoms with van der Waals surface area (Å²) < 4.78 is 4.99. The molecular formula is C15H13N3O6S. The maximum absolute atomic E-state index is 12.0. The van der Waals surface area contributed by atoms with Gasteiger partial charge in [0.15, 0.2) is 6.10 Å². The van der Waals surface area contributed by atoms with Crippen LogP contribution in [0.3, 0.4) is 0 Å². The molecule has 130 valence electrons. The van der Waals surface area contributed by atoms with E-state index in [1.807, 2.05) is 0 Å².